The number of imidazole rings is 1. The Labute approximate surface area is 124 Å². The highest BCUT2D eigenvalue weighted by atomic mass is 32.1. The van der Waals surface area contributed by atoms with Gasteiger partial charge in [0.05, 0.1) is 5.69 Å². The smallest absolute Gasteiger partial charge is 0.195 e. The highest BCUT2D eigenvalue weighted by Crippen LogP contribution is 2.27. The number of hydrogen-bond acceptors (Lipinski definition) is 5. The van der Waals surface area contributed by atoms with Crippen LogP contribution in [0.3, 0.4) is 0 Å². The molecule has 110 valence electrons. The van der Waals surface area contributed by atoms with E-state index in [2.05, 4.69) is 45.2 Å². The van der Waals surface area contributed by atoms with Gasteiger partial charge in [0, 0.05) is 37.3 Å². The summed E-state index contributed by atoms with van der Waals surface area (Å²) in [6, 6.07) is 0.630. The average Bonchev–Trinajstić information content (AvgIpc) is 3.02. The van der Waals surface area contributed by atoms with Crippen LogP contribution in [-0.2, 0) is 6.54 Å². The fraction of sp³-hybridized carbons (Fsp3) is 0.643. The van der Waals surface area contributed by atoms with E-state index in [4.69, 9.17) is 4.98 Å². The van der Waals surface area contributed by atoms with Gasteiger partial charge in [-0.3, -0.25) is 4.40 Å². The topological polar surface area (TPSA) is 35.8 Å². The lowest BCUT2D eigenvalue weighted by molar-refractivity contribution is 0.257. The van der Waals surface area contributed by atoms with Crippen molar-refractivity contribution < 1.29 is 0 Å². The molecule has 1 saturated heterocycles. The molecule has 1 aliphatic heterocycles. The zero-order valence-corrected chi connectivity index (χ0v) is 13.3. The second kappa shape index (κ2) is 5.71. The van der Waals surface area contributed by atoms with Crippen LogP contribution < -0.4 is 10.2 Å². The minimum Gasteiger partial charge on any atom is -0.353 e. The molecule has 3 heterocycles. The number of likely N-dealkylation sites (N-methyl/N-ethyl adjacent to an activating group) is 1. The third-order valence-corrected chi connectivity index (χ3v) is 4.87. The molecule has 20 heavy (non-hydrogen) atoms. The zero-order valence-electron chi connectivity index (χ0n) is 12.5. The maximum atomic E-state index is 4.86. The predicted octanol–water partition coefficient (Wildman–Crippen LogP) is 1.65. The molecular weight excluding hydrogens is 270 g/mol. The first kappa shape index (κ1) is 13.9. The molecule has 1 unspecified atom stereocenters. The molecule has 0 radical (unpaired) electrons. The molecule has 1 atom stereocenters. The normalized spacial score (nSPS) is 20.2. The summed E-state index contributed by atoms with van der Waals surface area (Å²) < 4.78 is 2.22. The van der Waals surface area contributed by atoms with Gasteiger partial charge in [-0.15, -0.1) is 11.3 Å². The third-order valence-electron chi connectivity index (χ3n) is 4.11. The Morgan fingerprint density at radius 1 is 1.50 bits per heavy atom. The Morgan fingerprint density at radius 3 is 3.10 bits per heavy atom. The number of fused-ring (bicyclic) bond motifs is 1. The Morgan fingerprint density at radius 2 is 2.35 bits per heavy atom. The molecule has 0 spiro atoms. The molecule has 2 aromatic rings. The van der Waals surface area contributed by atoms with Crippen LogP contribution in [0, 0.1) is 0 Å². The van der Waals surface area contributed by atoms with Crippen LogP contribution in [0.15, 0.2) is 11.6 Å². The number of aromatic nitrogens is 2. The van der Waals surface area contributed by atoms with Crippen molar-refractivity contribution in [2.45, 2.75) is 25.4 Å². The largest absolute Gasteiger partial charge is 0.353 e. The fourth-order valence-electron chi connectivity index (χ4n) is 2.97. The van der Waals surface area contributed by atoms with E-state index in [1.165, 1.54) is 18.5 Å². The Balaban J connectivity index is 1.92. The molecule has 1 fully saturated rings. The van der Waals surface area contributed by atoms with E-state index in [1.807, 2.05) is 7.05 Å². The van der Waals surface area contributed by atoms with Gasteiger partial charge >= 0.3 is 0 Å². The van der Waals surface area contributed by atoms with Crippen LogP contribution in [0.4, 0.5) is 5.82 Å². The lowest BCUT2D eigenvalue weighted by Crippen LogP contribution is -2.45. The van der Waals surface area contributed by atoms with Gasteiger partial charge in [-0.05, 0) is 34.0 Å². The summed E-state index contributed by atoms with van der Waals surface area (Å²) in [4.78, 5) is 10.7. The van der Waals surface area contributed by atoms with Crippen molar-refractivity contribution in [1.82, 2.24) is 19.6 Å². The SMILES string of the molecule is CNCc1c(N2CCCC(N(C)C)C2)nc2sccn12. The van der Waals surface area contributed by atoms with Gasteiger partial charge in [0.15, 0.2) is 10.8 Å². The molecule has 2 aromatic heterocycles. The van der Waals surface area contributed by atoms with Crippen LogP contribution in [-0.4, -0.2) is 54.6 Å². The summed E-state index contributed by atoms with van der Waals surface area (Å²) in [6.45, 7) is 3.05. The van der Waals surface area contributed by atoms with Gasteiger partial charge in [-0.1, -0.05) is 0 Å². The molecular formula is C14H23N5S. The van der Waals surface area contributed by atoms with E-state index >= 15 is 0 Å². The molecule has 6 heteroatoms. The van der Waals surface area contributed by atoms with E-state index < -0.39 is 0 Å². The van der Waals surface area contributed by atoms with Crippen molar-refractivity contribution in [3.8, 4) is 0 Å². The third kappa shape index (κ3) is 2.43. The first-order chi connectivity index (χ1) is 9.70. The standard InChI is InChI=1S/C14H23N5S/c1-15-9-12-13(16-14-19(12)7-8-20-14)18-6-4-5-11(10-18)17(2)3/h7-8,11,15H,4-6,9-10H2,1-3H3. The summed E-state index contributed by atoms with van der Waals surface area (Å²) in [5.41, 5.74) is 1.28. The van der Waals surface area contributed by atoms with Crippen molar-refractivity contribution >= 4 is 22.1 Å². The van der Waals surface area contributed by atoms with Gasteiger partial charge in [0.2, 0.25) is 0 Å². The molecule has 3 rings (SSSR count). The van der Waals surface area contributed by atoms with Crippen LogP contribution in [0.1, 0.15) is 18.5 Å². The van der Waals surface area contributed by atoms with Crippen LogP contribution >= 0.6 is 11.3 Å². The van der Waals surface area contributed by atoms with E-state index in [0.29, 0.717) is 6.04 Å². The Hall–Kier alpha value is -1.11. The number of nitrogens with one attached hydrogen (secondary N) is 1. The van der Waals surface area contributed by atoms with Crippen molar-refractivity contribution in [2.75, 3.05) is 39.1 Å². The lowest BCUT2D eigenvalue weighted by Gasteiger charge is -2.36. The first-order valence-corrected chi connectivity index (χ1v) is 8.09. The summed E-state index contributed by atoms with van der Waals surface area (Å²) in [5, 5.41) is 5.37. The van der Waals surface area contributed by atoms with Gasteiger partial charge in [0.1, 0.15) is 0 Å². The predicted molar refractivity (Wildman–Crippen MR) is 84.8 cm³/mol. The summed E-state index contributed by atoms with van der Waals surface area (Å²) >= 11 is 1.71. The van der Waals surface area contributed by atoms with Gasteiger partial charge in [-0.25, -0.2) is 4.98 Å². The van der Waals surface area contributed by atoms with Crippen molar-refractivity contribution in [3.05, 3.63) is 17.3 Å². The number of nitrogens with zero attached hydrogens (tertiary/aromatic N) is 4. The quantitative estimate of drug-likeness (QED) is 0.930. The number of rotatable bonds is 4. The van der Waals surface area contributed by atoms with Crippen molar-refractivity contribution in [3.63, 3.8) is 0 Å². The number of thiazole rings is 1. The molecule has 0 bridgehead atoms. The fourth-order valence-corrected chi connectivity index (χ4v) is 3.70. The Kier molecular flexibility index (Phi) is 3.96. The van der Waals surface area contributed by atoms with Gasteiger partial charge in [-0.2, -0.15) is 0 Å². The molecule has 0 aromatic carbocycles. The van der Waals surface area contributed by atoms with E-state index in [0.717, 1.165) is 30.4 Å². The molecule has 0 amide bonds. The monoisotopic (exact) mass is 293 g/mol. The Bertz CT molecular complexity index is 573. The van der Waals surface area contributed by atoms with E-state index in [1.54, 1.807) is 11.3 Å². The molecule has 1 N–H and O–H groups in total. The van der Waals surface area contributed by atoms with E-state index in [9.17, 15) is 0 Å². The van der Waals surface area contributed by atoms with Crippen molar-refractivity contribution in [1.29, 1.82) is 0 Å². The highest BCUT2D eigenvalue weighted by molar-refractivity contribution is 7.15. The molecule has 0 aliphatic carbocycles. The minimum atomic E-state index is 0.630. The van der Waals surface area contributed by atoms with Gasteiger partial charge in [0.25, 0.3) is 0 Å². The second-order valence-electron chi connectivity index (χ2n) is 5.67. The highest BCUT2D eigenvalue weighted by Gasteiger charge is 2.25. The van der Waals surface area contributed by atoms with Gasteiger partial charge < -0.3 is 15.1 Å². The lowest BCUT2D eigenvalue weighted by atomic mass is 10.0. The maximum absolute atomic E-state index is 4.86. The van der Waals surface area contributed by atoms with Crippen LogP contribution in [0.5, 0.6) is 0 Å². The molecule has 0 saturated carbocycles. The number of hydrogen-bond donors (Lipinski definition) is 1. The maximum Gasteiger partial charge on any atom is 0.195 e. The average molecular weight is 293 g/mol. The minimum absolute atomic E-state index is 0.630. The second-order valence-corrected chi connectivity index (χ2v) is 6.55. The number of anilines is 1. The summed E-state index contributed by atoms with van der Waals surface area (Å²) in [5.74, 6) is 1.16. The van der Waals surface area contributed by atoms with Crippen molar-refractivity contribution in [2.24, 2.45) is 0 Å². The molecule has 5 nitrogen and oxygen atoms in total. The zero-order chi connectivity index (χ0) is 14.1. The molecule has 1 aliphatic rings. The van der Waals surface area contributed by atoms with Crippen LogP contribution in [0.2, 0.25) is 0 Å². The number of piperidine rings is 1. The summed E-state index contributed by atoms with van der Waals surface area (Å²) in [6.07, 6.45) is 4.65. The summed E-state index contributed by atoms with van der Waals surface area (Å²) in [7, 11) is 6.34. The first-order valence-electron chi connectivity index (χ1n) is 7.21. The van der Waals surface area contributed by atoms with E-state index in [-0.39, 0.29) is 0 Å². The van der Waals surface area contributed by atoms with Crippen LogP contribution in [0.25, 0.3) is 4.96 Å².